The molecule has 0 amide bonds. The summed E-state index contributed by atoms with van der Waals surface area (Å²) < 4.78 is 7.16. The highest BCUT2D eigenvalue weighted by atomic mass is 35.5. The predicted octanol–water partition coefficient (Wildman–Crippen LogP) is 2.83. The summed E-state index contributed by atoms with van der Waals surface area (Å²) in [7, 11) is 1.55. The lowest BCUT2D eigenvalue weighted by Crippen LogP contribution is -2.14. The Morgan fingerprint density at radius 1 is 1.32 bits per heavy atom. The molecule has 1 aromatic carbocycles. The largest absolute Gasteiger partial charge is 0.495 e. The van der Waals surface area contributed by atoms with E-state index in [2.05, 4.69) is 10.3 Å². The van der Waals surface area contributed by atoms with E-state index in [1.165, 1.54) is 0 Å². The summed E-state index contributed by atoms with van der Waals surface area (Å²) in [5, 5.41) is 13.5. The maximum absolute atomic E-state index is 9.70. The van der Waals surface area contributed by atoms with Crippen LogP contribution in [0.3, 0.4) is 0 Å². The number of fused-ring (bicyclic) bond motifs is 1. The summed E-state index contributed by atoms with van der Waals surface area (Å²) in [5.74, 6) is 0.530. The van der Waals surface area contributed by atoms with Gasteiger partial charge in [0.15, 0.2) is 0 Å². The van der Waals surface area contributed by atoms with Crippen LogP contribution in [0.5, 0.6) is 5.75 Å². The van der Waals surface area contributed by atoms with Gasteiger partial charge < -0.3 is 25.3 Å². The van der Waals surface area contributed by atoms with E-state index in [9.17, 15) is 5.11 Å². The number of pyridine rings is 1. The van der Waals surface area contributed by atoms with E-state index in [1.54, 1.807) is 19.2 Å². The smallest absolute Gasteiger partial charge is 0.137 e. The molecule has 0 fully saturated rings. The van der Waals surface area contributed by atoms with Crippen LogP contribution in [0.2, 0.25) is 5.02 Å². The first-order valence-corrected chi connectivity index (χ1v) is 8.36. The number of nitrogens with zero attached hydrogens (tertiary/aromatic N) is 2. The van der Waals surface area contributed by atoms with Crippen molar-refractivity contribution < 1.29 is 9.84 Å². The van der Waals surface area contributed by atoms with Crippen molar-refractivity contribution in [3.63, 3.8) is 0 Å². The van der Waals surface area contributed by atoms with Crippen LogP contribution >= 0.6 is 11.6 Å². The van der Waals surface area contributed by atoms with Crippen molar-refractivity contribution in [1.29, 1.82) is 0 Å². The van der Waals surface area contributed by atoms with Crippen molar-refractivity contribution in [3.05, 3.63) is 46.7 Å². The monoisotopic (exact) mass is 360 g/mol. The number of aliphatic hydroxyl groups is 1. The quantitative estimate of drug-likeness (QED) is 0.629. The van der Waals surface area contributed by atoms with Gasteiger partial charge in [-0.1, -0.05) is 11.6 Å². The maximum Gasteiger partial charge on any atom is 0.137 e. The molecule has 3 aromatic rings. The molecule has 7 heteroatoms. The predicted molar refractivity (Wildman–Crippen MR) is 100 cm³/mol. The molecule has 25 heavy (non-hydrogen) atoms. The number of methoxy groups -OCH3 is 1. The average Bonchev–Trinajstić information content (AvgIpc) is 3.01. The number of ether oxygens (including phenoxy) is 1. The average molecular weight is 361 g/mol. The molecule has 0 aliphatic heterocycles. The number of aryl methyl sites for hydroxylation is 1. The van der Waals surface area contributed by atoms with Crippen LogP contribution < -0.4 is 15.8 Å². The van der Waals surface area contributed by atoms with Crippen LogP contribution in [0, 0.1) is 6.92 Å². The molecular formula is C18H21ClN4O2. The number of anilines is 1. The molecule has 6 nitrogen and oxygen atoms in total. The molecule has 3 rings (SSSR count). The van der Waals surface area contributed by atoms with Crippen molar-refractivity contribution in [2.75, 3.05) is 25.5 Å². The molecule has 2 aromatic heterocycles. The molecule has 2 heterocycles. The standard InChI is InChI=1S/C18H21ClN4O2/c1-11-5-18-22-16(9-23(18)8-15(11)21-4-3-20)13-7-14(19)17(25-2)6-12(13)10-24/h5-9,21,24H,3-4,10,20H2,1-2H3. The molecular weight excluding hydrogens is 340 g/mol. The Hall–Kier alpha value is -2.28. The highest BCUT2D eigenvalue weighted by molar-refractivity contribution is 6.32. The topological polar surface area (TPSA) is 84.8 Å². The molecule has 0 aliphatic carbocycles. The zero-order valence-corrected chi connectivity index (χ0v) is 15.0. The first-order chi connectivity index (χ1) is 12.1. The third kappa shape index (κ3) is 3.42. The van der Waals surface area contributed by atoms with Gasteiger partial charge >= 0.3 is 0 Å². The number of aliphatic hydroxyl groups excluding tert-OH is 1. The van der Waals surface area contributed by atoms with Crippen molar-refractivity contribution in [1.82, 2.24) is 9.38 Å². The number of hydrogen-bond donors (Lipinski definition) is 3. The van der Waals surface area contributed by atoms with Crippen molar-refractivity contribution >= 4 is 22.9 Å². The molecule has 0 spiro atoms. The Kier molecular flexibility index (Phi) is 5.13. The molecule has 0 unspecified atom stereocenters. The van der Waals surface area contributed by atoms with E-state index >= 15 is 0 Å². The highest BCUT2D eigenvalue weighted by Gasteiger charge is 2.14. The second-order valence-electron chi connectivity index (χ2n) is 5.78. The Morgan fingerprint density at radius 2 is 2.12 bits per heavy atom. The van der Waals surface area contributed by atoms with Crippen LogP contribution in [0.4, 0.5) is 5.69 Å². The number of rotatable bonds is 6. The summed E-state index contributed by atoms with van der Waals surface area (Å²) in [6.07, 6.45) is 3.90. The summed E-state index contributed by atoms with van der Waals surface area (Å²) >= 11 is 6.25. The number of hydrogen-bond acceptors (Lipinski definition) is 5. The zero-order valence-electron chi connectivity index (χ0n) is 14.2. The van der Waals surface area contributed by atoms with E-state index in [1.807, 2.05) is 29.8 Å². The Morgan fingerprint density at radius 3 is 2.80 bits per heavy atom. The minimum Gasteiger partial charge on any atom is -0.495 e. The summed E-state index contributed by atoms with van der Waals surface area (Å²) in [4.78, 5) is 4.67. The maximum atomic E-state index is 9.70. The van der Waals surface area contributed by atoms with Crippen LogP contribution in [-0.4, -0.2) is 34.7 Å². The number of aromatic nitrogens is 2. The number of imidazole rings is 1. The van der Waals surface area contributed by atoms with E-state index in [0.717, 1.165) is 28.2 Å². The molecule has 0 saturated heterocycles. The van der Waals surface area contributed by atoms with E-state index in [0.29, 0.717) is 29.4 Å². The third-order valence-corrected chi connectivity index (χ3v) is 4.38. The van der Waals surface area contributed by atoms with Gasteiger partial charge in [-0.15, -0.1) is 0 Å². The summed E-state index contributed by atoms with van der Waals surface area (Å²) in [6.45, 7) is 3.17. The van der Waals surface area contributed by atoms with Gasteiger partial charge in [-0.3, -0.25) is 0 Å². The van der Waals surface area contributed by atoms with E-state index in [4.69, 9.17) is 22.1 Å². The molecule has 4 N–H and O–H groups in total. The van der Waals surface area contributed by atoms with Gasteiger partial charge in [0, 0.05) is 31.0 Å². The first kappa shape index (κ1) is 17.5. The number of benzene rings is 1. The van der Waals surface area contributed by atoms with Gasteiger partial charge in [-0.2, -0.15) is 0 Å². The lowest BCUT2D eigenvalue weighted by Gasteiger charge is -2.09. The van der Waals surface area contributed by atoms with Crippen LogP contribution in [-0.2, 0) is 6.61 Å². The second-order valence-corrected chi connectivity index (χ2v) is 6.19. The van der Waals surface area contributed by atoms with Crippen molar-refractivity contribution in [3.8, 4) is 17.0 Å². The van der Waals surface area contributed by atoms with Gasteiger partial charge in [0.2, 0.25) is 0 Å². The Labute approximate surface area is 151 Å². The fourth-order valence-electron chi connectivity index (χ4n) is 2.77. The Bertz CT molecular complexity index is 908. The lowest BCUT2D eigenvalue weighted by molar-refractivity contribution is 0.281. The van der Waals surface area contributed by atoms with Gasteiger partial charge in [0.1, 0.15) is 11.4 Å². The third-order valence-electron chi connectivity index (χ3n) is 4.08. The molecule has 0 aliphatic rings. The number of nitrogens with one attached hydrogen (secondary N) is 1. The van der Waals surface area contributed by atoms with E-state index in [-0.39, 0.29) is 6.61 Å². The van der Waals surface area contributed by atoms with Crippen LogP contribution in [0.1, 0.15) is 11.1 Å². The van der Waals surface area contributed by atoms with Crippen molar-refractivity contribution in [2.45, 2.75) is 13.5 Å². The molecule has 0 bridgehead atoms. The van der Waals surface area contributed by atoms with E-state index < -0.39 is 0 Å². The summed E-state index contributed by atoms with van der Waals surface area (Å²) in [5.41, 5.74) is 10.7. The fourth-order valence-corrected chi connectivity index (χ4v) is 3.01. The molecule has 0 atom stereocenters. The second kappa shape index (κ2) is 7.31. The van der Waals surface area contributed by atoms with Crippen LogP contribution in [0.15, 0.2) is 30.6 Å². The normalized spacial score (nSPS) is 11.1. The summed E-state index contributed by atoms with van der Waals surface area (Å²) in [6, 6.07) is 5.52. The van der Waals surface area contributed by atoms with Gasteiger partial charge in [0.05, 0.1) is 30.1 Å². The van der Waals surface area contributed by atoms with Crippen molar-refractivity contribution in [2.24, 2.45) is 5.73 Å². The zero-order chi connectivity index (χ0) is 18.0. The van der Waals surface area contributed by atoms with Gasteiger partial charge in [-0.05, 0) is 36.2 Å². The van der Waals surface area contributed by atoms with Gasteiger partial charge in [-0.25, -0.2) is 4.98 Å². The van der Waals surface area contributed by atoms with Gasteiger partial charge in [0.25, 0.3) is 0 Å². The number of halogens is 1. The molecule has 0 radical (unpaired) electrons. The van der Waals surface area contributed by atoms with Crippen LogP contribution in [0.25, 0.3) is 16.9 Å². The fraction of sp³-hybridized carbons (Fsp3) is 0.278. The lowest BCUT2D eigenvalue weighted by atomic mass is 10.1. The minimum atomic E-state index is -0.126. The SMILES string of the molecule is COc1cc(CO)c(-c2cn3cc(NCCN)c(C)cc3n2)cc1Cl. The highest BCUT2D eigenvalue weighted by Crippen LogP contribution is 2.34. The molecule has 0 saturated carbocycles. The molecule has 132 valence electrons. The number of nitrogens with two attached hydrogens (primary N) is 1. The minimum absolute atomic E-state index is 0.126. The first-order valence-electron chi connectivity index (χ1n) is 7.98. The Balaban J connectivity index is 2.09.